The summed E-state index contributed by atoms with van der Waals surface area (Å²) in [4.78, 5) is 12.8. The number of nitrogens with one attached hydrogen (secondary N) is 2. The van der Waals surface area contributed by atoms with E-state index in [0.717, 1.165) is 18.2 Å². The van der Waals surface area contributed by atoms with Gasteiger partial charge in [0, 0.05) is 6.42 Å². The van der Waals surface area contributed by atoms with E-state index in [0.29, 0.717) is 21.7 Å². The summed E-state index contributed by atoms with van der Waals surface area (Å²) in [5.74, 6) is -0.840. The number of methoxy groups -OCH3 is 2. The van der Waals surface area contributed by atoms with Gasteiger partial charge in [0.05, 0.1) is 31.5 Å². The van der Waals surface area contributed by atoms with Crippen LogP contribution in [0.3, 0.4) is 0 Å². The second kappa shape index (κ2) is 9.69. The van der Waals surface area contributed by atoms with Crippen LogP contribution in [0.2, 0.25) is 5.02 Å². The predicted octanol–water partition coefficient (Wildman–Crippen LogP) is 6.49. The van der Waals surface area contributed by atoms with Crippen LogP contribution in [0.1, 0.15) is 40.1 Å². The predicted molar refractivity (Wildman–Crippen MR) is 122 cm³/mol. The number of fused-ring (bicyclic) bond motifs is 1. The molecular formula is C23H19ClF6N4O3. The van der Waals surface area contributed by atoms with Gasteiger partial charge in [-0.3, -0.25) is 4.79 Å². The zero-order valence-electron chi connectivity index (χ0n) is 19.2. The van der Waals surface area contributed by atoms with E-state index in [1.165, 1.54) is 32.4 Å². The van der Waals surface area contributed by atoms with Crippen LogP contribution in [0.4, 0.5) is 37.8 Å². The van der Waals surface area contributed by atoms with Crippen molar-refractivity contribution >= 4 is 29.0 Å². The molecule has 0 saturated heterocycles. The van der Waals surface area contributed by atoms with Crippen molar-refractivity contribution in [2.45, 2.75) is 30.9 Å². The number of hydrogen-bond acceptors (Lipinski definition) is 5. The van der Waals surface area contributed by atoms with Gasteiger partial charge in [0.25, 0.3) is 5.91 Å². The molecule has 0 bridgehead atoms. The molecule has 14 heteroatoms. The lowest BCUT2D eigenvalue weighted by Gasteiger charge is -2.33. The molecule has 4 rings (SSSR count). The number of carbonyl (C=O) groups excluding carboxylic acids is 1. The fraction of sp³-hybridized carbons (Fsp3) is 0.304. The third-order valence-corrected chi connectivity index (χ3v) is 6.16. The maximum absolute atomic E-state index is 14.0. The molecule has 7 nitrogen and oxygen atoms in total. The summed E-state index contributed by atoms with van der Waals surface area (Å²) < 4.78 is 93.0. The van der Waals surface area contributed by atoms with Crippen molar-refractivity contribution < 1.29 is 40.6 Å². The Morgan fingerprint density at radius 2 is 1.76 bits per heavy atom. The number of nitrogens with zero attached hydrogens (tertiary/aromatic N) is 2. The zero-order chi connectivity index (χ0) is 27.1. The van der Waals surface area contributed by atoms with Crippen LogP contribution in [-0.4, -0.2) is 36.1 Å². The van der Waals surface area contributed by atoms with Crippen molar-refractivity contribution in [2.24, 2.45) is 0 Å². The molecule has 0 radical (unpaired) electrons. The molecule has 1 aliphatic heterocycles. The highest BCUT2D eigenvalue weighted by Gasteiger charge is 2.48. The first-order chi connectivity index (χ1) is 17.3. The topological polar surface area (TPSA) is 77.4 Å². The van der Waals surface area contributed by atoms with E-state index in [9.17, 15) is 31.1 Å². The molecule has 2 N–H and O–H groups in total. The van der Waals surface area contributed by atoms with Crippen LogP contribution in [-0.2, 0) is 6.18 Å². The summed E-state index contributed by atoms with van der Waals surface area (Å²) in [6.07, 6.45) is -10.1. The Labute approximate surface area is 211 Å². The molecule has 0 aliphatic carbocycles. The fourth-order valence-electron chi connectivity index (χ4n) is 4.04. The lowest BCUT2D eigenvalue weighted by Crippen LogP contribution is -2.35. The fourth-order valence-corrected chi connectivity index (χ4v) is 4.31. The third kappa shape index (κ3) is 5.13. The average Bonchev–Trinajstić information content (AvgIpc) is 3.18. The minimum atomic E-state index is -4.78. The van der Waals surface area contributed by atoms with Gasteiger partial charge < -0.3 is 20.1 Å². The van der Waals surface area contributed by atoms with Crippen LogP contribution in [0.15, 0.2) is 42.5 Å². The third-order valence-electron chi connectivity index (χ3n) is 5.80. The molecular weight excluding hydrogens is 530 g/mol. The molecule has 3 aromatic rings. The number of anilines is 2. The Hall–Kier alpha value is -3.61. The van der Waals surface area contributed by atoms with E-state index in [2.05, 4.69) is 10.4 Å². The number of para-hydroxylation sites is 1. The van der Waals surface area contributed by atoms with E-state index in [1.54, 1.807) is 6.07 Å². The quantitative estimate of drug-likeness (QED) is 0.357. The van der Waals surface area contributed by atoms with Gasteiger partial charge >= 0.3 is 12.4 Å². The Bertz CT molecular complexity index is 1320. The number of amides is 1. The van der Waals surface area contributed by atoms with Crippen molar-refractivity contribution in [1.29, 1.82) is 0 Å². The van der Waals surface area contributed by atoms with Crippen molar-refractivity contribution in [3.8, 4) is 11.5 Å². The first-order valence-electron chi connectivity index (χ1n) is 10.7. The van der Waals surface area contributed by atoms with E-state index in [-0.39, 0.29) is 5.82 Å². The smallest absolute Gasteiger partial charge is 0.418 e. The van der Waals surface area contributed by atoms with Gasteiger partial charge in [0.2, 0.25) is 0 Å². The Morgan fingerprint density at radius 1 is 1.08 bits per heavy atom. The Morgan fingerprint density at radius 3 is 2.38 bits per heavy atom. The number of ether oxygens (including phenoxy) is 2. The molecule has 198 valence electrons. The molecule has 0 fully saturated rings. The van der Waals surface area contributed by atoms with Gasteiger partial charge in [-0.25, -0.2) is 4.68 Å². The lowest BCUT2D eigenvalue weighted by atomic mass is 9.96. The summed E-state index contributed by atoms with van der Waals surface area (Å²) in [7, 11) is 2.79. The van der Waals surface area contributed by atoms with Crippen molar-refractivity contribution in [1.82, 2.24) is 9.78 Å². The first kappa shape index (κ1) is 26.5. The molecule has 2 unspecified atom stereocenters. The Balaban J connectivity index is 1.72. The molecule has 2 aromatic carbocycles. The van der Waals surface area contributed by atoms with E-state index in [4.69, 9.17) is 21.1 Å². The highest BCUT2D eigenvalue weighted by atomic mass is 35.5. The average molecular weight is 549 g/mol. The Kier molecular flexibility index (Phi) is 6.93. The molecule has 1 aliphatic rings. The maximum atomic E-state index is 14.0. The molecule has 0 saturated carbocycles. The van der Waals surface area contributed by atoms with Crippen LogP contribution >= 0.6 is 11.6 Å². The van der Waals surface area contributed by atoms with E-state index < -0.39 is 58.7 Å². The molecule has 37 heavy (non-hydrogen) atoms. The summed E-state index contributed by atoms with van der Waals surface area (Å²) >= 11 is 6.27. The number of halogens is 7. The molecule has 0 spiro atoms. The highest BCUT2D eigenvalue weighted by molar-refractivity contribution is 6.36. The van der Waals surface area contributed by atoms with Gasteiger partial charge in [-0.05, 0) is 29.8 Å². The monoisotopic (exact) mass is 548 g/mol. The van der Waals surface area contributed by atoms with Crippen LogP contribution in [0, 0.1) is 0 Å². The van der Waals surface area contributed by atoms with Crippen molar-refractivity contribution in [3.05, 3.63) is 64.3 Å². The molecule has 1 amide bonds. The van der Waals surface area contributed by atoms with E-state index in [1.807, 2.05) is 5.32 Å². The van der Waals surface area contributed by atoms with Gasteiger partial charge in [-0.2, -0.15) is 31.4 Å². The molecule has 2 heterocycles. The van der Waals surface area contributed by atoms with Crippen molar-refractivity contribution in [3.63, 3.8) is 0 Å². The normalized spacial score (nSPS) is 17.5. The van der Waals surface area contributed by atoms with E-state index >= 15 is 0 Å². The molecule has 1 aromatic heterocycles. The van der Waals surface area contributed by atoms with Crippen LogP contribution in [0.5, 0.6) is 11.5 Å². The highest BCUT2D eigenvalue weighted by Crippen LogP contribution is 2.47. The van der Waals surface area contributed by atoms with Gasteiger partial charge in [-0.1, -0.05) is 29.8 Å². The lowest BCUT2D eigenvalue weighted by molar-refractivity contribution is -0.173. The van der Waals surface area contributed by atoms with Crippen LogP contribution < -0.4 is 20.1 Å². The number of alkyl halides is 6. The SMILES string of the molecule is COc1ccc(C2CC(C(F)(F)F)n3nc(C(=O)Nc4ccccc4C(F)(F)F)c(Cl)c3N2)cc1OC. The largest absolute Gasteiger partial charge is 0.493 e. The standard InChI is InChI=1S/C23H19ClF6N4O3/c1-36-15-8-7-11(9-16(15)37-2)14-10-17(23(28,29)30)34-20(31-14)18(24)19(33-34)21(35)32-13-6-4-3-5-12(13)22(25,26)27/h3-9,14,17,31H,10H2,1-2H3,(H,32,35). The van der Waals surface area contributed by atoms with Gasteiger partial charge in [0.1, 0.15) is 10.8 Å². The van der Waals surface area contributed by atoms with Crippen molar-refractivity contribution in [2.75, 3.05) is 24.9 Å². The van der Waals surface area contributed by atoms with Gasteiger partial charge in [-0.15, -0.1) is 0 Å². The zero-order valence-corrected chi connectivity index (χ0v) is 19.9. The maximum Gasteiger partial charge on any atom is 0.418 e. The van der Waals surface area contributed by atoms with Gasteiger partial charge in [0.15, 0.2) is 23.2 Å². The minimum Gasteiger partial charge on any atom is -0.493 e. The number of rotatable bonds is 5. The summed E-state index contributed by atoms with van der Waals surface area (Å²) in [6, 6.07) is 5.65. The summed E-state index contributed by atoms with van der Waals surface area (Å²) in [6.45, 7) is 0. The number of hydrogen-bond donors (Lipinski definition) is 2. The number of carbonyl (C=O) groups is 1. The summed E-state index contributed by atoms with van der Waals surface area (Å²) in [5.41, 5.74) is -1.97. The first-order valence-corrected chi connectivity index (χ1v) is 11.0. The number of aromatic nitrogens is 2. The summed E-state index contributed by atoms with van der Waals surface area (Å²) in [5, 5.41) is 8.18. The minimum absolute atomic E-state index is 0.291. The second-order valence-corrected chi connectivity index (χ2v) is 8.44. The number of benzene rings is 2. The van der Waals surface area contributed by atoms with Crippen LogP contribution in [0.25, 0.3) is 0 Å². The second-order valence-electron chi connectivity index (χ2n) is 8.06. The molecule has 2 atom stereocenters.